The van der Waals surface area contributed by atoms with E-state index in [1.165, 1.54) is 5.56 Å². The van der Waals surface area contributed by atoms with Crippen LogP contribution in [0.1, 0.15) is 44.9 Å². The number of ether oxygens (including phenoxy) is 1. The van der Waals surface area contributed by atoms with E-state index in [0.29, 0.717) is 19.1 Å². The van der Waals surface area contributed by atoms with Crippen LogP contribution in [-0.2, 0) is 22.7 Å². The summed E-state index contributed by atoms with van der Waals surface area (Å²) in [5, 5.41) is 5.91. The molecule has 2 heterocycles. The minimum atomic E-state index is -0.870. The molecule has 0 radical (unpaired) electrons. The van der Waals surface area contributed by atoms with Crippen LogP contribution in [0.25, 0.3) is 10.9 Å². The number of hydrogen-bond acceptors (Lipinski definition) is 3. The SMILES string of the molecule is CC1CCN(C(=O)C(C)(C)OCc2nn(Cc3ccccc3)c3ccccc23)CC1. The number of amides is 1. The molecule has 158 valence electrons. The summed E-state index contributed by atoms with van der Waals surface area (Å²) in [6, 6.07) is 18.5. The van der Waals surface area contributed by atoms with Gasteiger partial charge in [-0.1, -0.05) is 55.5 Å². The van der Waals surface area contributed by atoms with E-state index in [9.17, 15) is 4.79 Å². The van der Waals surface area contributed by atoms with Crippen molar-refractivity contribution in [3.63, 3.8) is 0 Å². The van der Waals surface area contributed by atoms with E-state index in [-0.39, 0.29) is 5.91 Å². The van der Waals surface area contributed by atoms with Crippen LogP contribution in [0.4, 0.5) is 0 Å². The van der Waals surface area contributed by atoms with Crippen LogP contribution in [-0.4, -0.2) is 39.3 Å². The number of piperidine rings is 1. The number of benzene rings is 2. The van der Waals surface area contributed by atoms with Crippen LogP contribution in [0.5, 0.6) is 0 Å². The molecule has 1 aromatic heterocycles. The van der Waals surface area contributed by atoms with E-state index in [1.807, 2.05) is 53.8 Å². The van der Waals surface area contributed by atoms with E-state index >= 15 is 0 Å². The molecule has 0 spiro atoms. The highest BCUT2D eigenvalue weighted by Crippen LogP contribution is 2.25. The fraction of sp³-hybridized carbons (Fsp3) is 0.440. The average Bonchev–Trinajstić information content (AvgIpc) is 3.11. The van der Waals surface area contributed by atoms with Crippen molar-refractivity contribution in [2.45, 2.75) is 52.4 Å². The lowest BCUT2D eigenvalue weighted by Crippen LogP contribution is -2.49. The fourth-order valence-corrected chi connectivity index (χ4v) is 4.08. The third-order valence-corrected chi connectivity index (χ3v) is 6.07. The van der Waals surface area contributed by atoms with Gasteiger partial charge in [-0.2, -0.15) is 5.10 Å². The first kappa shape index (κ1) is 20.6. The van der Waals surface area contributed by atoms with Gasteiger partial charge < -0.3 is 9.64 Å². The summed E-state index contributed by atoms with van der Waals surface area (Å²) in [7, 11) is 0. The quantitative estimate of drug-likeness (QED) is 0.600. The van der Waals surface area contributed by atoms with Crippen LogP contribution in [0.2, 0.25) is 0 Å². The van der Waals surface area contributed by atoms with Crippen molar-refractivity contribution in [2.24, 2.45) is 5.92 Å². The second-order valence-electron chi connectivity index (χ2n) is 8.88. The van der Waals surface area contributed by atoms with Crippen LogP contribution >= 0.6 is 0 Å². The predicted molar refractivity (Wildman–Crippen MR) is 119 cm³/mol. The van der Waals surface area contributed by atoms with Gasteiger partial charge in [0.25, 0.3) is 5.91 Å². The lowest BCUT2D eigenvalue weighted by atomic mass is 9.97. The van der Waals surface area contributed by atoms with E-state index < -0.39 is 5.60 Å². The molecule has 0 aliphatic carbocycles. The summed E-state index contributed by atoms with van der Waals surface area (Å²) in [6.45, 7) is 8.65. The van der Waals surface area contributed by atoms with Gasteiger partial charge >= 0.3 is 0 Å². The highest BCUT2D eigenvalue weighted by molar-refractivity contribution is 5.85. The highest BCUT2D eigenvalue weighted by atomic mass is 16.5. The van der Waals surface area contributed by atoms with Crippen molar-refractivity contribution in [3.05, 3.63) is 65.9 Å². The molecule has 30 heavy (non-hydrogen) atoms. The lowest BCUT2D eigenvalue weighted by molar-refractivity contribution is -0.157. The molecule has 0 saturated carbocycles. The molecule has 1 saturated heterocycles. The molecule has 1 fully saturated rings. The molecule has 1 aliphatic heterocycles. The van der Waals surface area contributed by atoms with E-state index in [1.54, 1.807) is 0 Å². The van der Waals surface area contributed by atoms with Crippen LogP contribution in [0.3, 0.4) is 0 Å². The molecule has 2 aromatic carbocycles. The Morgan fingerprint density at radius 2 is 1.73 bits per heavy atom. The van der Waals surface area contributed by atoms with Gasteiger partial charge in [0.2, 0.25) is 0 Å². The Morgan fingerprint density at radius 3 is 2.47 bits per heavy atom. The number of carbonyl (C=O) groups is 1. The molecule has 0 atom stereocenters. The van der Waals surface area contributed by atoms with Gasteiger partial charge in [-0.3, -0.25) is 9.48 Å². The van der Waals surface area contributed by atoms with E-state index in [2.05, 4.69) is 31.2 Å². The van der Waals surface area contributed by atoms with Crippen molar-refractivity contribution >= 4 is 16.8 Å². The van der Waals surface area contributed by atoms with Crippen molar-refractivity contribution in [1.29, 1.82) is 0 Å². The molecule has 0 N–H and O–H groups in total. The Balaban J connectivity index is 1.50. The number of likely N-dealkylation sites (tertiary alicyclic amines) is 1. The van der Waals surface area contributed by atoms with E-state index in [0.717, 1.165) is 42.5 Å². The van der Waals surface area contributed by atoms with Gasteiger partial charge in [-0.05, 0) is 44.2 Å². The van der Waals surface area contributed by atoms with Crippen molar-refractivity contribution in [1.82, 2.24) is 14.7 Å². The molecule has 0 bridgehead atoms. The normalized spacial score (nSPS) is 15.6. The van der Waals surface area contributed by atoms with Gasteiger partial charge in [-0.15, -0.1) is 0 Å². The maximum Gasteiger partial charge on any atom is 0.254 e. The molecule has 5 heteroatoms. The van der Waals surface area contributed by atoms with Crippen molar-refractivity contribution in [3.8, 4) is 0 Å². The maximum absolute atomic E-state index is 13.0. The minimum absolute atomic E-state index is 0.0717. The molecule has 1 aliphatic rings. The second-order valence-corrected chi connectivity index (χ2v) is 8.88. The van der Waals surface area contributed by atoms with Gasteiger partial charge in [0.15, 0.2) is 0 Å². The number of hydrogen-bond donors (Lipinski definition) is 0. The lowest BCUT2D eigenvalue weighted by Gasteiger charge is -2.36. The smallest absolute Gasteiger partial charge is 0.254 e. The summed E-state index contributed by atoms with van der Waals surface area (Å²) >= 11 is 0. The van der Waals surface area contributed by atoms with Gasteiger partial charge in [0.1, 0.15) is 5.60 Å². The zero-order valence-corrected chi connectivity index (χ0v) is 18.2. The number of fused-ring (bicyclic) bond motifs is 1. The molecule has 1 amide bonds. The topological polar surface area (TPSA) is 47.4 Å². The minimum Gasteiger partial charge on any atom is -0.359 e. The van der Waals surface area contributed by atoms with E-state index in [4.69, 9.17) is 9.84 Å². The number of aromatic nitrogens is 2. The number of nitrogens with zero attached hydrogens (tertiary/aromatic N) is 3. The number of para-hydroxylation sites is 1. The predicted octanol–water partition coefficient (Wildman–Crippen LogP) is 4.64. The van der Waals surface area contributed by atoms with Gasteiger partial charge in [-0.25, -0.2) is 0 Å². The van der Waals surface area contributed by atoms with Gasteiger partial charge in [0, 0.05) is 18.5 Å². The standard InChI is InChI=1S/C25H31N3O2/c1-19-13-15-27(16-14-19)24(29)25(2,3)30-18-22-21-11-7-8-12-23(21)28(26-22)17-20-9-5-4-6-10-20/h4-12,19H,13-18H2,1-3H3. The van der Waals surface area contributed by atoms with Crippen molar-refractivity contribution in [2.75, 3.05) is 13.1 Å². The molecular formula is C25H31N3O2. The first-order chi connectivity index (χ1) is 14.4. The summed E-state index contributed by atoms with van der Waals surface area (Å²) in [6.07, 6.45) is 2.13. The Hall–Kier alpha value is -2.66. The summed E-state index contributed by atoms with van der Waals surface area (Å²) in [5.41, 5.74) is 2.28. The Labute approximate surface area is 178 Å². The maximum atomic E-state index is 13.0. The zero-order chi connectivity index (χ0) is 21.1. The molecule has 0 unspecified atom stereocenters. The summed E-state index contributed by atoms with van der Waals surface area (Å²) in [4.78, 5) is 15.0. The number of carbonyl (C=O) groups excluding carboxylic acids is 1. The zero-order valence-electron chi connectivity index (χ0n) is 18.2. The highest BCUT2D eigenvalue weighted by Gasteiger charge is 2.34. The molecule has 3 aromatic rings. The monoisotopic (exact) mass is 405 g/mol. The molecular weight excluding hydrogens is 374 g/mol. The number of rotatable bonds is 6. The van der Waals surface area contributed by atoms with Gasteiger partial charge in [0.05, 0.1) is 24.4 Å². The third-order valence-electron chi connectivity index (χ3n) is 6.07. The molecule has 5 nitrogen and oxygen atoms in total. The summed E-state index contributed by atoms with van der Waals surface area (Å²) in [5.74, 6) is 0.764. The molecule has 4 rings (SSSR count). The fourth-order valence-electron chi connectivity index (χ4n) is 4.08. The summed E-state index contributed by atoms with van der Waals surface area (Å²) < 4.78 is 8.18. The third kappa shape index (κ3) is 4.41. The van der Waals surface area contributed by atoms with Crippen molar-refractivity contribution < 1.29 is 9.53 Å². The van der Waals surface area contributed by atoms with Crippen LogP contribution in [0, 0.1) is 5.92 Å². The Morgan fingerprint density at radius 1 is 1.07 bits per heavy atom. The Kier molecular flexibility index (Phi) is 5.91. The van der Waals surface area contributed by atoms with Crippen LogP contribution < -0.4 is 0 Å². The average molecular weight is 406 g/mol. The Bertz CT molecular complexity index is 1000. The first-order valence-electron chi connectivity index (χ1n) is 10.9. The van der Waals surface area contributed by atoms with Crippen LogP contribution in [0.15, 0.2) is 54.6 Å². The largest absolute Gasteiger partial charge is 0.359 e. The first-order valence-corrected chi connectivity index (χ1v) is 10.9. The second kappa shape index (κ2) is 8.60.